The molecule has 54 valence electrons. The predicted molar refractivity (Wildman–Crippen MR) is 44.4 cm³/mol. The fourth-order valence-corrected chi connectivity index (χ4v) is 1.37. The van der Waals surface area contributed by atoms with E-state index in [1.165, 1.54) is 0 Å². The summed E-state index contributed by atoms with van der Waals surface area (Å²) in [6.07, 6.45) is 0. The van der Waals surface area contributed by atoms with Crippen LogP contribution in [0.2, 0.25) is 0 Å². The zero-order valence-corrected chi connectivity index (χ0v) is 6.90. The second-order valence-corrected chi connectivity index (χ2v) is 2.90. The van der Waals surface area contributed by atoms with Gasteiger partial charge in [0.1, 0.15) is 0 Å². The molecule has 0 fully saturated rings. The van der Waals surface area contributed by atoms with E-state index in [-0.39, 0.29) is 0 Å². The lowest BCUT2D eigenvalue weighted by atomic mass is 10.2. The lowest BCUT2D eigenvalue weighted by Gasteiger charge is -2.02. The maximum atomic E-state index is 8.82. The quantitative estimate of drug-likeness (QED) is 0.628. The molecule has 0 spiro atoms. The highest BCUT2D eigenvalue weighted by Gasteiger charge is 1.99. The molecule has 1 rings (SSSR count). The molecule has 0 heterocycles. The second-order valence-electron chi connectivity index (χ2n) is 2.31. The molecule has 0 aromatic heterocycles. The zero-order chi connectivity index (χ0) is 7.56. The third-order valence-corrected chi connectivity index (χ3v) is 2.33. The molecule has 1 aromatic rings. The van der Waals surface area contributed by atoms with E-state index in [9.17, 15) is 0 Å². The van der Waals surface area contributed by atoms with Crippen molar-refractivity contribution in [1.82, 2.24) is 0 Å². The molecule has 0 atom stereocenters. The number of hydrogen-bond acceptors (Lipinski definition) is 2. The van der Waals surface area contributed by atoms with Crippen molar-refractivity contribution >= 4 is 12.0 Å². The first-order valence-corrected chi connectivity index (χ1v) is 3.90. The van der Waals surface area contributed by atoms with Crippen LogP contribution in [-0.2, 0) is 0 Å². The molecule has 0 radical (unpaired) electrons. The second kappa shape index (κ2) is 3.08. The largest absolute Gasteiger partial charge is 0.325 e. The van der Waals surface area contributed by atoms with Gasteiger partial charge in [-0.05, 0) is 25.0 Å². The van der Waals surface area contributed by atoms with Gasteiger partial charge in [-0.25, -0.2) is 0 Å². The fourth-order valence-electron chi connectivity index (χ4n) is 0.943. The Morgan fingerprint density at radius 2 is 1.70 bits per heavy atom. The maximum Gasteiger partial charge on any atom is 0.0409 e. The van der Waals surface area contributed by atoms with Gasteiger partial charge < -0.3 is 4.55 Å². The SMILES string of the molecule is Cc1cccc(C)c1SO. The first kappa shape index (κ1) is 7.63. The summed E-state index contributed by atoms with van der Waals surface area (Å²) in [7, 11) is 0. The van der Waals surface area contributed by atoms with E-state index in [1.54, 1.807) is 0 Å². The normalized spacial score (nSPS) is 9.90. The Bertz CT molecular complexity index is 212. The predicted octanol–water partition coefficient (Wildman–Crippen LogP) is 2.87. The third kappa shape index (κ3) is 1.33. The average Bonchev–Trinajstić information content (AvgIpc) is 1.88. The minimum absolute atomic E-state index is 0.822. The lowest BCUT2D eigenvalue weighted by Crippen LogP contribution is -1.82. The van der Waals surface area contributed by atoms with Gasteiger partial charge in [0.15, 0.2) is 0 Å². The molecule has 1 N–H and O–H groups in total. The Kier molecular flexibility index (Phi) is 2.35. The molecule has 0 aliphatic carbocycles. The van der Waals surface area contributed by atoms with Crippen LogP contribution < -0.4 is 0 Å². The van der Waals surface area contributed by atoms with Crippen molar-refractivity contribution in [1.29, 1.82) is 0 Å². The Morgan fingerprint density at radius 1 is 1.20 bits per heavy atom. The van der Waals surface area contributed by atoms with Crippen LogP contribution in [0.25, 0.3) is 0 Å². The van der Waals surface area contributed by atoms with Crippen LogP contribution >= 0.6 is 12.0 Å². The van der Waals surface area contributed by atoms with Crippen molar-refractivity contribution in [2.24, 2.45) is 0 Å². The van der Waals surface area contributed by atoms with E-state index in [1.807, 2.05) is 32.0 Å². The van der Waals surface area contributed by atoms with Gasteiger partial charge in [0.05, 0.1) is 0 Å². The molecule has 2 heteroatoms. The Hall–Kier alpha value is -0.470. The maximum absolute atomic E-state index is 8.82. The number of aryl methyl sites for hydroxylation is 2. The van der Waals surface area contributed by atoms with E-state index < -0.39 is 0 Å². The summed E-state index contributed by atoms with van der Waals surface area (Å²) < 4.78 is 8.82. The van der Waals surface area contributed by atoms with E-state index >= 15 is 0 Å². The minimum atomic E-state index is 0.822. The molecule has 0 bridgehead atoms. The highest BCUT2D eigenvalue weighted by molar-refractivity contribution is 7.93. The number of hydrogen-bond donors (Lipinski definition) is 1. The molecule has 1 aromatic carbocycles. The van der Waals surface area contributed by atoms with Crippen molar-refractivity contribution in [3.8, 4) is 0 Å². The van der Waals surface area contributed by atoms with Crippen LogP contribution in [0.4, 0.5) is 0 Å². The van der Waals surface area contributed by atoms with Crippen LogP contribution in [-0.4, -0.2) is 4.55 Å². The molecular formula is C8H10OS. The highest BCUT2D eigenvalue weighted by atomic mass is 32.2. The first-order chi connectivity index (χ1) is 4.75. The summed E-state index contributed by atoms with van der Waals surface area (Å²) in [4.78, 5) is 0.975. The average molecular weight is 154 g/mol. The fraction of sp³-hybridized carbons (Fsp3) is 0.250. The van der Waals surface area contributed by atoms with Crippen LogP contribution in [0.1, 0.15) is 11.1 Å². The van der Waals surface area contributed by atoms with Gasteiger partial charge in [-0.2, -0.15) is 0 Å². The van der Waals surface area contributed by atoms with Crippen LogP contribution in [0.5, 0.6) is 0 Å². The molecule has 0 saturated heterocycles. The Balaban J connectivity index is 3.17. The molecule has 0 aliphatic heterocycles. The van der Waals surface area contributed by atoms with E-state index in [4.69, 9.17) is 4.55 Å². The van der Waals surface area contributed by atoms with Gasteiger partial charge in [-0.3, -0.25) is 0 Å². The van der Waals surface area contributed by atoms with Crippen LogP contribution in [0, 0.1) is 13.8 Å². The third-order valence-electron chi connectivity index (χ3n) is 1.50. The Morgan fingerprint density at radius 3 is 2.00 bits per heavy atom. The molecule has 0 amide bonds. The number of benzene rings is 1. The first-order valence-electron chi connectivity index (χ1n) is 3.13. The lowest BCUT2D eigenvalue weighted by molar-refractivity contribution is 0.662. The van der Waals surface area contributed by atoms with Crippen LogP contribution in [0.15, 0.2) is 23.1 Å². The van der Waals surface area contributed by atoms with Crippen molar-refractivity contribution < 1.29 is 4.55 Å². The summed E-state index contributed by atoms with van der Waals surface area (Å²) in [5, 5.41) is 0. The van der Waals surface area contributed by atoms with Crippen molar-refractivity contribution in [3.05, 3.63) is 29.3 Å². The highest BCUT2D eigenvalue weighted by Crippen LogP contribution is 2.22. The molecule has 0 unspecified atom stereocenters. The summed E-state index contributed by atoms with van der Waals surface area (Å²) >= 11 is 0.822. The van der Waals surface area contributed by atoms with Gasteiger partial charge in [-0.15, -0.1) is 0 Å². The van der Waals surface area contributed by atoms with Gasteiger partial charge in [0.2, 0.25) is 0 Å². The molecule has 0 aliphatic rings. The smallest absolute Gasteiger partial charge is 0.0409 e. The monoisotopic (exact) mass is 154 g/mol. The summed E-state index contributed by atoms with van der Waals surface area (Å²) in [5.74, 6) is 0. The van der Waals surface area contributed by atoms with Gasteiger partial charge in [0, 0.05) is 16.9 Å². The van der Waals surface area contributed by atoms with Crippen LogP contribution in [0.3, 0.4) is 0 Å². The van der Waals surface area contributed by atoms with E-state index in [0.29, 0.717) is 0 Å². The standard InChI is InChI=1S/C8H10OS/c1-6-4-3-5-7(2)8(6)10-9/h3-5,9H,1-2H3. The number of rotatable bonds is 1. The van der Waals surface area contributed by atoms with Gasteiger partial charge in [0.25, 0.3) is 0 Å². The van der Waals surface area contributed by atoms with Crippen molar-refractivity contribution in [2.75, 3.05) is 0 Å². The molecule has 10 heavy (non-hydrogen) atoms. The summed E-state index contributed by atoms with van der Waals surface area (Å²) in [6.45, 7) is 3.98. The Labute approximate surface area is 65.3 Å². The summed E-state index contributed by atoms with van der Waals surface area (Å²) in [5.41, 5.74) is 2.26. The van der Waals surface area contributed by atoms with Gasteiger partial charge in [-0.1, -0.05) is 18.2 Å². The van der Waals surface area contributed by atoms with Crippen molar-refractivity contribution in [2.45, 2.75) is 18.7 Å². The van der Waals surface area contributed by atoms with E-state index in [2.05, 4.69) is 0 Å². The zero-order valence-electron chi connectivity index (χ0n) is 6.09. The topological polar surface area (TPSA) is 20.2 Å². The molecular weight excluding hydrogens is 144 g/mol. The summed E-state index contributed by atoms with van der Waals surface area (Å²) in [6, 6.07) is 5.97. The van der Waals surface area contributed by atoms with Gasteiger partial charge >= 0.3 is 0 Å². The minimum Gasteiger partial charge on any atom is -0.325 e. The molecule has 0 saturated carbocycles. The van der Waals surface area contributed by atoms with Crippen molar-refractivity contribution in [3.63, 3.8) is 0 Å². The van der Waals surface area contributed by atoms with E-state index in [0.717, 1.165) is 28.1 Å². The molecule has 1 nitrogen and oxygen atoms in total.